The van der Waals surface area contributed by atoms with Gasteiger partial charge in [-0.3, -0.25) is 14.4 Å². The summed E-state index contributed by atoms with van der Waals surface area (Å²) in [6.07, 6.45) is 6.08. The Kier molecular flexibility index (Phi) is 8.37. The number of hydrogen-bond donors (Lipinski definition) is 2. The third kappa shape index (κ3) is 5.42. The van der Waals surface area contributed by atoms with E-state index in [9.17, 15) is 19.6 Å². The summed E-state index contributed by atoms with van der Waals surface area (Å²) < 4.78 is 0. The van der Waals surface area contributed by atoms with E-state index in [4.69, 9.17) is 0 Å². The fourth-order valence-corrected chi connectivity index (χ4v) is 7.57. The average Bonchev–Trinajstić information content (AvgIpc) is 3.73. The lowest BCUT2D eigenvalue weighted by atomic mass is 9.60. The first-order chi connectivity index (χ1) is 22.1. The molecule has 1 aliphatic heterocycles. The summed E-state index contributed by atoms with van der Waals surface area (Å²) in [5.74, 6) is 0.270. The highest BCUT2D eigenvalue weighted by atomic mass is 16.2. The number of nitrogens with zero attached hydrogens (tertiary/aromatic N) is 7. The second kappa shape index (κ2) is 12.3. The van der Waals surface area contributed by atoms with E-state index >= 15 is 0 Å². The van der Waals surface area contributed by atoms with Crippen LogP contribution in [-0.4, -0.2) is 106 Å². The number of rotatable bonds is 8. The number of carbonyl (C=O) groups excluding carboxylic acids is 3. The zero-order valence-electron chi connectivity index (χ0n) is 27.0. The molecule has 3 aromatic rings. The molecule has 2 aliphatic carbocycles. The molecule has 12 heteroatoms. The van der Waals surface area contributed by atoms with Gasteiger partial charge in [0, 0.05) is 51.4 Å². The Morgan fingerprint density at radius 3 is 2.07 bits per heavy atom. The summed E-state index contributed by atoms with van der Waals surface area (Å²) in [4.78, 5) is 44.3. The second-order valence-electron chi connectivity index (χ2n) is 13.3. The van der Waals surface area contributed by atoms with Crippen LogP contribution in [0.25, 0.3) is 0 Å². The maximum atomic E-state index is 13.4. The van der Waals surface area contributed by atoms with Crippen LogP contribution in [0.5, 0.6) is 0 Å². The van der Waals surface area contributed by atoms with Crippen molar-refractivity contribution in [2.75, 3.05) is 41.3 Å². The third-order valence-electron chi connectivity index (χ3n) is 10.1. The molecule has 3 amide bonds. The van der Waals surface area contributed by atoms with Crippen molar-refractivity contribution in [1.29, 1.82) is 5.26 Å². The van der Waals surface area contributed by atoms with E-state index in [0.717, 1.165) is 47.9 Å². The molecule has 0 spiro atoms. The van der Waals surface area contributed by atoms with Gasteiger partial charge in [-0.2, -0.15) is 10.5 Å². The lowest BCUT2D eigenvalue weighted by Crippen LogP contribution is -2.58. The minimum atomic E-state index is -0.896. The van der Waals surface area contributed by atoms with Gasteiger partial charge in [0.05, 0.1) is 18.0 Å². The highest BCUT2D eigenvalue weighted by Gasteiger charge is 2.52. The Morgan fingerprint density at radius 1 is 0.978 bits per heavy atom. The van der Waals surface area contributed by atoms with Gasteiger partial charge in [0.2, 0.25) is 5.91 Å². The third-order valence-corrected chi connectivity index (χ3v) is 10.1. The molecule has 0 bridgehead atoms. The van der Waals surface area contributed by atoms with Gasteiger partial charge in [0.15, 0.2) is 5.82 Å². The van der Waals surface area contributed by atoms with Gasteiger partial charge < -0.3 is 20.0 Å². The maximum Gasteiger partial charge on any atom is 0.253 e. The van der Waals surface area contributed by atoms with Crippen molar-refractivity contribution < 1.29 is 14.4 Å². The van der Waals surface area contributed by atoms with Gasteiger partial charge in [0.25, 0.3) is 11.8 Å². The molecule has 3 aliphatic rings. The van der Waals surface area contributed by atoms with E-state index in [-0.39, 0.29) is 30.3 Å². The number of H-pyrrole nitrogens is 1. The zero-order valence-corrected chi connectivity index (χ0v) is 27.0. The second-order valence-corrected chi connectivity index (χ2v) is 13.3. The standard InChI is InChI=1S/C34H41N9O3/c1-41(2)30(45)24-10-12-27-22(17-24)8-9-23-18-25(31(46)42(3)4)11-13-28(23)34(27,32-37-39-40-38-32)21-33(14-6-15-33)36-20-29(44)43-16-5-7-26(43)19-35/h10-13,17-18,26,36H,5-9,14-16,20-21H2,1-4H3,(H,37,38,39,40)/t26-/m0/s1. The summed E-state index contributed by atoms with van der Waals surface area (Å²) in [7, 11) is 6.96. The number of carbonyl (C=O) groups is 3. The van der Waals surface area contributed by atoms with Crippen LogP contribution in [0.15, 0.2) is 36.4 Å². The quantitative estimate of drug-likeness (QED) is 0.388. The topological polar surface area (TPSA) is 151 Å². The fourth-order valence-electron chi connectivity index (χ4n) is 7.57. The Morgan fingerprint density at radius 2 is 1.59 bits per heavy atom. The van der Waals surface area contributed by atoms with Crippen molar-refractivity contribution in [3.8, 4) is 6.07 Å². The van der Waals surface area contributed by atoms with Gasteiger partial charge in [-0.05, 0) is 97.9 Å². The number of tetrazole rings is 1. The van der Waals surface area contributed by atoms with Crippen molar-refractivity contribution >= 4 is 17.7 Å². The number of aromatic nitrogens is 4. The predicted molar refractivity (Wildman–Crippen MR) is 170 cm³/mol. The number of benzene rings is 2. The number of aryl methyl sites for hydroxylation is 2. The molecule has 6 rings (SSSR count). The normalized spacial score (nSPS) is 19.2. The summed E-state index contributed by atoms with van der Waals surface area (Å²) in [6.45, 7) is 0.730. The first-order valence-electron chi connectivity index (χ1n) is 16.0. The van der Waals surface area contributed by atoms with Crippen molar-refractivity contribution in [3.63, 3.8) is 0 Å². The Bertz CT molecular complexity index is 1620. The van der Waals surface area contributed by atoms with Gasteiger partial charge in [-0.25, -0.2) is 0 Å². The molecular weight excluding hydrogens is 582 g/mol. The van der Waals surface area contributed by atoms with Crippen LogP contribution in [-0.2, 0) is 23.1 Å². The molecule has 1 atom stereocenters. The number of amides is 3. The van der Waals surface area contributed by atoms with Crippen molar-refractivity contribution in [1.82, 2.24) is 40.6 Å². The van der Waals surface area contributed by atoms with Crippen LogP contribution in [0.4, 0.5) is 0 Å². The summed E-state index contributed by atoms with van der Waals surface area (Å²) in [5.41, 5.74) is 3.86. The summed E-state index contributed by atoms with van der Waals surface area (Å²) in [6, 6.07) is 13.6. The molecule has 0 radical (unpaired) electrons. The first kappa shape index (κ1) is 31.4. The monoisotopic (exact) mass is 623 g/mol. The number of aromatic amines is 1. The van der Waals surface area contributed by atoms with Gasteiger partial charge in [0.1, 0.15) is 6.04 Å². The number of nitriles is 1. The molecule has 2 heterocycles. The molecule has 12 nitrogen and oxygen atoms in total. The van der Waals surface area contributed by atoms with Crippen molar-refractivity contribution in [3.05, 3.63) is 75.6 Å². The number of nitrogens with one attached hydrogen (secondary N) is 2. The van der Waals surface area contributed by atoms with Crippen LogP contribution < -0.4 is 5.32 Å². The van der Waals surface area contributed by atoms with Crippen molar-refractivity contribution in [2.24, 2.45) is 0 Å². The van der Waals surface area contributed by atoms with E-state index in [0.29, 0.717) is 49.2 Å². The van der Waals surface area contributed by atoms with E-state index in [2.05, 4.69) is 32.0 Å². The van der Waals surface area contributed by atoms with E-state index in [1.807, 2.05) is 36.4 Å². The van der Waals surface area contributed by atoms with E-state index in [1.165, 1.54) is 0 Å². The lowest BCUT2D eigenvalue weighted by molar-refractivity contribution is -0.130. The predicted octanol–water partition coefficient (Wildman–Crippen LogP) is 2.45. The highest BCUT2D eigenvalue weighted by molar-refractivity contribution is 5.95. The van der Waals surface area contributed by atoms with E-state index in [1.54, 1.807) is 42.9 Å². The molecule has 46 heavy (non-hydrogen) atoms. The minimum absolute atomic E-state index is 0.0655. The molecular formula is C34H41N9O3. The molecule has 240 valence electrons. The highest BCUT2D eigenvalue weighted by Crippen LogP contribution is 2.52. The number of fused-ring (bicyclic) bond motifs is 2. The van der Waals surface area contributed by atoms with Crippen LogP contribution in [0.3, 0.4) is 0 Å². The Labute approximate surface area is 269 Å². The molecule has 1 saturated carbocycles. The molecule has 1 saturated heterocycles. The summed E-state index contributed by atoms with van der Waals surface area (Å²) >= 11 is 0. The van der Waals surface area contributed by atoms with Crippen LogP contribution in [0.2, 0.25) is 0 Å². The van der Waals surface area contributed by atoms with Crippen LogP contribution in [0.1, 0.15) is 87.3 Å². The Hall–Kier alpha value is -4.63. The first-order valence-corrected chi connectivity index (χ1v) is 16.0. The number of likely N-dealkylation sites (tertiary alicyclic amines) is 1. The van der Waals surface area contributed by atoms with Crippen LogP contribution in [0, 0.1) is 11.3 Å². The van der Waals surface area contributed by atoms with Crippen LogP contribution >= 0.6 is 0 Å². The molecule has 1 aromatic heterocycles. The lowest BCUT2D eigenvalue weighted by Gasteiger charge is -2.49. The molecule has 2 aromatic carbocycles. The summed E-state index contributed by atoms with van der Waals surface area (Å²) in [5, 5.41) is 29.1. The average molecular weight is 624 g/mol. The SMILES string of the molecule is CN(C)C(=O)c1ccc2c(c1)CCc1cc(C(=O)N(C)C)ccc1C2(CC1(NCC(=O)N2CCC[C@H]2C#N)CCC1)c1nn[nH]n1. The molecule has 2 fully saturated rings. The largest absolute Gasteiger partial charge is 0.345 e. The minimum Gasteiger partial charge on any atom is -0.345 e. The smallest absolute Gasteiger partial charge is 0.253 e. The molecule has 2 N–H and O–H groups in total. The van der Waals surface area contributed by atoms with Crippen molar-refractivity contribution in [2.45, 2.75) is 68.4 Å². The Balaban J connectivity index is 1.48. The zero-order chi connectivity index (χ0) is 32.6. The fraction of sp³-hybridized carbons (Fsp3) is 0.500. The maximum absolute atomic E-state index is 13.4. The van der Waals surface area contributed by atoms with E-state index < -0.39 is 11.0 Å². The molecule has 0 unspecified atom stereocenters. The van der Waals surface area contributed by atoms with Gasteiger partial charge in [-0.1, -0.05) is 17.3 Å². The van der Waals surface area contributed by atoms with Gasteiger partial charge >= 0.3 is 0 Å². The van der Waals surface area contributed by atoms with Gasteiger partial charge in [-0.15, -0.1) is 10.2 Å². The number of hydrogen-bond acceptors (Lipinski definition) is 8.